The first kappa shape index (κ1) is 22.9. The number of phenols is 1. The van der Waals surface area contributed by atoms with Gasteiger partial charge in [-0.1, -0.05) is 13.0 Å². The number of fused-ring (bicyclic) bond motifs is 3. The normalized spacial score (nSPS) is 33.7. The second-order valence-corrected chi connectivity index (χ2v) is 8.91. The first-order chi connectivity index (χ1) is 15.3. The van der Waals surface area contributed by atoms with Gasteiger partial charge in [0.15, 0.2) is 23.0 Å². The van der Waals surface area contributed by atoms with E-state index in [9.17, 15) is 44.3 Å². The number of hydrogen-bond acceptors (Lipinski definition) is 9. The number of benzene rings is 1. The molecular formula is C22H23FN2O8. The number of ketones is 2. The van der Waals surface area contributed by atoms with E-state index in [1.807, 2.05) is 0 Å². The molecule has 3 aliphatic rings. The van der Waals surface area contributed by atoms with Gasteiger partial charge in [-0.2, -0.15) is 0 Å². The number of amides is 1. The zero-order valence-electron chi connectivity index (χ0n) is 17.9. The van der Waals surface area contributed by atoms with E-state index in [1.165, 1.54) is 25.1 Å². The van der Waals surface area contributed by atoms with Crippen LogP contribution in [0.4, 0.5) is 4.39 Å². The Bertz CT molecular complexity index is 1190. The number of likely N-dealkylation sites (N-methyl/N-ethyl adjacent to an activating group) is 1. The van der Waals surface area contributed by atoms with Gasteiger partial charge in [-0.05, 0) is 31.6 Å². The molecule has 4 rings (SSSR count). The number of hydrogen-bond donors (Lipinski definition) is 6. The average Bonchev–Trinajstić information content (AvgIpc) is 2.72. The van der Waals surface area contributed by atoms with Gasteiger partial charge in [0.05, 0.1) is 23.6 Å². The number of phenolic OH excluding ortho intramolecular Hbond substituents is 1. The van der Waals surface area contributed by atoms with Crippen LogP contribution in [0.2, 0.25) is 0 Å². The summed E-state index contributed by atoms with van der Waals surface area (Å²) in [5.74, 6) is -11.5. The van der Waals surface area contributed by atoms with Gasteiger partial charge < -0.3 is 31.3 Å². The molecule has 1 amide bonds. The molecule has 6 atom stereocenters. The summed E-state index contributed by atoms with van der Waals surface area (Å²) < 4.78 is 14.0. The molecule has 6 unspecified atom stereocenters. The predicted octanol–water partition coefficient (Wildman–Crippen LogP) is -0.365. The topological polar surface area (TPSA) is 182 Å². The fraction of sp³-hybridized carbons (Fsp3) is 0.409. The number of Topliss-reactive ketones (excluding diaryl/α,β-unsaturated/α-hetero) is 2. The summed E-state index contributed by atoms with van der Waals surface area (Å²) in [6, 6.07) is 0.834. The molecule has 10 nitrogen and oxygen atoms in total. The van der Waals surface area contributed by atoms with Crippen molar-refractivity contribution in [3.63, 3.8) is 0 Å². The van der Waals surface area contributed by atoms with Crippen molar-refractivity contribution in [2.75, 3.05) is 14.1 Å². The third kappa shape index (κ3) is 2.66. The van der Waals surface area contributed by atoms with Gasteiger partial charge in [-0.3, -0.25) is 19.3 Å². The minimum absolute atomic E-state index is 0.235. The molecule has 1 aromatic rings. The van der Waals surface area contributed by atoms with Crippen molar-refractivity contribution in [2.24, 2.45) is 17.6 Å². The zero-order chi connectivity index (χ0) is 24.7. The maximum absolute atomic E-state index is 14.0. The van der Waals surface area contributed by atoms with Crippen LogP contribution in [0.25, 0.3) is 5.76 Å². The molecule has 0 saturated heterocycles. The quantitative estimate of drug-likeness (QED) is 0.320. The molecule has 0 aliphatic heterocycles. The summed E-state index contributed by atoms with van der Waals surface area (Å²) in [5.41, 5.74) is 0.532. The minimum atomic E-state index is -2.99. The number of halogens is 1. The van der Waals surface area contributed by atoms with Crippen LogP contribution in [0.5, 0.6) is 5.75 Å². The van der Waals surface area contributed by atoms with E-state index >= 15 is 0 Å². The van der Waals surface area contributed by atoms with E-state index in [2.05, 4.69) is 0 Å². The van der Waals surface area contributed by atoms with Crippen molar-refractivity contribution in [2.45, 2.75) is 30.6 Å². The molecule has 176 valence electrons. The van der Waals surface area contributed by atoms with Crippen LogP contribution in [-0.2, 0) is 14.4 Å². The number of aromatic hydroxyl groups is 1. The van der Waals surface area contributed by atoms with Crippen LogP contribution in [0.15, 0.2) is 29.0 Å². The van der Waals surface area contributed by atoms with Gasteiger partial charge in [0, 0.05) is 11.5 Å². The second kappa shape index (κ2) is 7.11. The average molecular weight is 462 g/mol. The summed E-state index contributed by atoms with van der Waals surface area (Å²) >= 11 is 0. The molecule has 0 bridgehead atoms. The van der Waals surface area contributed by atoms with Crippen LogP contribution >= 0.6 is 0 Å². The van der Waals surface area contributed by atoms with Crippen molar-refractivity contribution in [1.29, 1.82) is 0 Å². The zero-order valence-corrected chi connectivity index (χ0v) is 17.9. The number of nitrogens with zero attached hydrogens (tertiary/aromatic N) is 1. The van der Waals surface area contributed by atoms with Crippen LogP contribution < -0.4 is 5.73 Å². The van der Waals surface area contributed by atoms with Crippen LogP contribution in [-0.4, -0.2) is 79.7 Å². The van der Waals surface area contributed by atoms with Crippen molar-refractivity contribution >= 4 is 23.2 Å². The largest absolute Gasteiger partial charge is 0.508 e. The van der Waals surface area contributed by atoms with Gasteiger partial charge in [-0.15, -0.1) is 0 Å². The Labute approximate surface area is 187 Å². The Morgan fingerprint density at radius 1 is 1.18 bits per heavy atom. The highest BCUT2D eigenvalue weighted by Gasteiger charge is 2.68. The van der Waals surface area contributed by atoms with Crippen molar-refractivity contribution < 1.29 is 44.3 Å². The van der Waals surface area contributed by atoms with E-state index in [1.54, 1.807) is 6.92 Å². The number of carbonyl (C=O) groups excluding carboxylic acids is 3. The molecule has 1 saturated carbocycles. The Morgan fingerprint density at radius 3 is 2.33 bits per heavy atom. The highest BCUT2D eigenvalue weighted by Crippen LogP contribution is 2.56. The molecule has 3 aliphatic carbocycles. The number of primary amides is 1. The first-order valence-corrected chi connectivity index (χ1v) is 10.1. The second-order valence-electron chi connectivity index (χ2n) is 8.91. The fourth-order valence-corrected chi connectivity index (χ4v) is 5.59. The van der Waals surface area contributed by atoms with E-state index in [0.717, 1.165) is 6.07 Å². The Kier molecular flexibility index (Phi) is 4.93. The predicted molar refractivity (Wildman–Crippen MR) is 110 cm³/mol. The Balaban J connectivity index is 2.07. The van der Waals surface area contributed by atoms with E-state index in [0.29, 0.717) is 0 Å². The standard InChI is InChI=1S/C22H23FN2O8/c1-6-7-4-5-8(23)15(26)10(7)16(27)11-9(6)17(28)13-14(25(2)3)18(29)12(21(24)32)20(31)22(13,33)19(11)30/h4-6,9,13-14,17,26-28,31,33H,1-3H3,(H2,24,32). The highest BCUT2D eigenvalue weighted by atomic mass is 19.1. The lowest BCUT2D eigenvalue weighted by atomic mass is 9.54. The molecular weight excluding hydrogens is 439 g/mol. The molecule has 0 spiro atoms. The fourth-order valence-electron chi connectivity index (χ4n) is 5.59. The van der Waals surface area contributed by atoms with Gasteiger partial charge in [-0.25, -0.2) is 4.39 Å². The molecule has 11 heteroatoms. The van der Waals surface area contributed by atoms with E-state index in [4.69, 9.17) is 5.73 Å². The smallest absolute Gasteiger partial charge is 0.255 e. The lowest BCUT2D eigenvalue weighted by Gasteiger charge is -2.53. The number of aliphatic hydroxyl groups is 4. The van der Waals surface area contributed by atoms with Gasteiger partial charge in [0.2, 0.25) is 5.78 Å². The maximum atomic E-state index is 14.0. The number of nitrogens with two attached hydrogens (primary N) is 1. The minimum Gasteiger partial charge on any atom is -0.508 e. The highest BCUT2D eigenvalue weighted by molar-refractivity contribution is 6.24. The molecule has 33 heavy (non-hydrogen) atoms. The summed E-state index contributed by atoms with van der Waals surface area (Å²) in [4.78, 5) is 39.9. The van der Waals surface area contributed by atoms with Gasteiger partial charge in [0.25, 0.3) is 5.91 Å². The van der Waals surface area contributed by atoms with E-state index in [-0.39, 0.29) is 11.1 Å². The lowest BCUT2D eigenvalue weighted by molar-refractivity contribution is -0.169. The molecule has 0 heterocycles. The maximum Gasteiger partial charge on any atom is 0.255 e. The Morgan fingerprint density at radius 2 is 1.79 bits per heavy atom. The monoisotopic (exact) mass is 462 g/mol. The lowest BCUT2D eigenvalue weighted by Crippen LogP contribution is -2.70. The number of aliphatic hydroxyl groups excluding tert-OH is 3. The van der Waals surface area contributed by atoms with Gasteiger partial charge in [0.1, 0.15) is 17.1 Å². The summed E-state index contributed by atoms with van der Waals surface area (Å²) in [7, 11) is 2.84. The SMILES string of the molecule is CC1c2ccc(F)c(O)c2C(O)=C2C(=O)C3(O)C(O)=C(C(N)=O)C(=O)C(N(C)C)C3C(O)C21. The molecule has 0 aromatic heterocycles. The number of carbonyl (C=O) groups is 3. The van der Waals surface area contributed by atoms with Crippen molar-refractivity contribution in [3.8, 4) is 5.75 Å². The van der Waals surface area contributed by atoms with E-state index < -0.39 is 87.2 Å². The third-order valence-electron chi connectivity index (χ3n) is 7.08. The van der Waals surface area contributed by atoms with Gasteiger partial charge >= 0.3 is 0 Å². The summed E-state index contributed by atoms with van der Waals surface area (Å²) in [6.07, 6.45) is -1.69. The van der Waals surface area contributed by atoms with Crippen LogP contribution in [0.1, 0.15) is 24.0 Å². The first-order valence-electron chi connectivity index (χ1n) is 10.1. The van der Waals surface area contributed by atoms with Crippen molar-refractivity contribution in [3.05, 3.63) is 46.0 Å². The van der Waals surface area contributed by atoms with Crippen molar-refractivity contribution in [1.82, 2.24) is 4.90 Å². The molecule has 0 radical (unpaired) electrons. The summed E-state index contributed by atoms with van der Waals surface area (Å²) in [5, 5.41) is 54.7. The third-order valence-corrected chi connectivity index (χ3v) is 7.08. The molecule has 1 fully saturated rings. The van der Waals surface area contributed by atoms with Crippen LogP contribution in [0, 0.1) is 17.7 Å². The molecule has 1 aromatic carbocycles. The number of rotatable bonds is 2. The summed E-state index contributed by atoms with van der Waals surface area (Å²) in [6.45, 7) is 1.56. The molecule has 7 N–H and O–H groups in total. The Hall–Kier alpha value is -3.28. The van der Waals surface area contributed by atoms with Crippen LogP contribution in [0.3, 0.4) is 0 Å².